The molecule has 0 rings (SSSR count). The van der Waals surface area contributed by atoms with Crippen molar-refractivity contribution in [1.29, 1.82) is 0 Å². The molecule has 4 nitrogen and oxygen atoms in total. The molecule has 5 heteroatoms. The van der Waals surface area contributed by atoms with Crippen molar-refractivity contribution < 1.29 is 32.4 Å². The average molecular weight is 213 g/mol. The van der Waals surface area contributed by atoms with Crippen molar-refractivity contribution in [1.82, 2.24) is 4.90 Å². The summed E-state index contributed by atoms with van der Waals surface area (Å²) in [6, 6.07) is 0. The molecule has 0 atom stereocenters. The summed E-state index contributed by atoms with van der Waals surface area (Å²) in [6.07, 6.45) is 0. The van der Waals surface area contributed by atoms with E-state index in [1.807, 2.05) is 0 Å². The molecule has 0 unspecified atom stereocenters. The summed E-state index contributed by atoms with van der Waals surface area (Å²) in [4.78, 5) is 1.79. The first-order valence-electron chi connectivity index (χ1n) is 3.40. The summed E-state index contributed by atoms with van der Waals surface area (Å²) >= 11 is 0. The molecule has 0 aromatic rings. The fourth-order valence-electron chi connectivity index (χ4n) is 0.760. The van der Waals surface area contributed by atoms with Crippen LogP contribution < -0.4 is 0 Å². The third-order valence-corrected chi connectivity index (χ3v) is 1.25. The van der Waals surface area contributed by atoms with Crippen molar-refractivity contribution in [3.05, 3.63) is 0 Å². The predicted molar refractivity (Wildman–Crippen MR) is 37.7 cm³/mol. The van der Waals surface area contributed by atoms with E-state index in [1.54, 1.807) is 4.90 Å². The maximum atomic E-state index is 8.48. The molecule has 3 N–H and O–H groups in total. The molecule has 0 aliphatic heterocycles. The normalized spacial score (nSPS) is 9.82. The van der Waals surface area contributed by atoms with Gasteiger partial charge in [-0.05, 0) is 0 Å². The van der Waals surface area contributed by atoms with Gasteiger partial charge in [0.2, 0.25) is 0 Å². The van der Waals surface area contributed by atoms with Crippen LogP contribution in [0.15, 0.2) is 0 Å². The Morgan fingerprint density at radius 2 is 1.00 bits per heavy atom. The largest absolute Gasteiger partial charge is 0.395 e. The molecular formula is C6H15CuNO3. The Morgan fingerprint density at radius 3 is 1.18 bits per heavy atom. The number of aliphatic hydroxyl groups excluding tert-OH is 3. The third-order valence-electron chi connectivity index (χ3n) is 1.25. The number of hydrogen-bond acceptors (Lipinski definition) is 4. The first-order chi connectivity index (χ1) is 4.85. The molecule has 0 fully saturated rings. The molecule has 0 saturated carbocycles. The average Bonchev–Trinajstić information content (AvgIpc) is 1.90. The summed E-state index contributed by atoms with van der Waals surface area (Å²) in [7, 11) is 0. The van der Waals surface area contributed by atoms with E-state index >= 15 is 0 Å². The van der Waals surface area contributed by atoms with Crippen LogP contribution in [0.5, 0.6) is 0 Å². The van der Waals surface area contributed by atoms with E-state index in [0.717, 1.165) is 0 Å². The summed E-state index contributed by atoms with van der Waals surface area (Å²) in [5.41, 5.74) is 0. The van der Waals surface area contributed by atoms with E-state index < -0.39 is 0 Å². The number of aliphatic hydroxyl groups is 3. The van der Waals surface area contributed by atoms with Gasteiger partial charge in [-0.15, -0.1) is 0 Å². The maximum Gasteiger partial charge on any atom is 0.0558 e. The maximum absolute atomic E-state index is 8.48. The van der Waals surface area contributed by atoms with Gasteiger partial charge >= 0.3 is 0 Å². The zero-order valence-corrected chi connectivity index (χ0v) is 7.27. The van der Waals surface area contributed by atoms with Crippen molar-refractivity contribution in [3.63, 3.8) is 0 Å². The molecule has 1 radical (unpaired) electrons. The molecule has 0 saturated heterocycles. The van der Waals surface area contributed by atoms with E-state index in [9.17, 15) is 0 Å². The second-order valence-electron chi connectivity index (χ2n) is 2.01. The zero-order valence-electron chi connectivity index (χ0n) is 6.33. The third kappa shape index (κ3) is 8.26. The van der Waals surface area contributed by atoms with Crippen molar-refractivity contribution in [2.75, 3.05) is 39.5 Å². The molecule has 0 aliphatic carbocycles. The first kappa shape index (κ1) is 13.9. The van der Waals surface area contributed by atoms with Gasteiger partial charge in [0, 0.05) is 36.7 Å². The van der Waals surface area contributed by atoms with Crippen molar-refractivity contribution in [3.8, 4) is 0 Å². The van der Waals surface area contributed by atoms with Crippen LogP contribution in [0.4, 0.5) is 0 Å². The molecule has 0 aromatic heterocycles. The SMILES string of the molecule is OCCN(CCO)CCO.[Cu]. The topological polar surface area (TPSA) is 63.9 Å². The van der Waals surface area contributed by atoms with Crippen LogP contribution in [-0.4, -0.2) is 59.7 Å². The minimum atomic E-state index is 0. The van der Waals surface area contributed by atoms with Crippen molar-refractivity contribution >= 4 is 0 Å². The fraction of sp³-hybridized carbons (Fsp3) is 1.00. The number of rotatable bonds is 6. The van der Waals surface area contributed by atoms with Crippen LogP contribution >= 0.6 is 0 Å². The van der Waals surface area contributed by atoms with E-state index in [2.05, 4.69) is 0 Å². The van der Waals surface area contributed by atoms with E-state index in [-0.39, 0.29) is 36.9 Å². The standard InChI is InChI=1S/C6H15NO3.Cu/c8-4-1-7(2-5-9)3-6-10;/h8-10H,1-6H2;. The fourth-order valence-corrected chi connectivity index (χ4v) is 0.760. The van der Waals surface area contributed by atoms with Crippen LogP contribution in [0.2, 0.25) is 0 Å². The van der Waals surface area contributed by atoms with Crippen molar-refractivity contribution in [2.24, 2.45) is 0 Å². The molecular weight excluding hydrogens is 198 g/mol. The van der Waals surface area contributed by atoms with Gasteiger partial charge in [-0.2, -0.15) is 0 Å². The van der Waals surface area contributed by atoms with Gasteiger partial charge in [0.05, 0.1) is 19.8 Å². The van der Waals surface area contributed by atoms with E-state index in [1.165, 1.54) is 0 Å². The smallest absolute Gasteiger partial charge is 0.0558 e. The summed E-state index contributed by atoms with van der Waals surface area (Å²) in [5, 5.41) is 25.5. The Kier molecular flexibility index (Phi) is 13.1. The van der Waals surface area contributed by atoms with Gasteiger partial charge in [0.1, 0.15) is 0 Å². The Labute approximate surface area is 77.3 Å². The Hall–Kier alpha value is 0.359. The van der Waals surface area contributed by atoms with Gasteiger partial charge < -0.3 is 15.3 Å². The molecule has 73 valence electrons. The van der Waals surface area contributed by atoms with Gasteiger partial charge in [0.15, 0.2) is 0 Å². The minimum Gasteiger partial charge on any atom is -0.395 e. The molecule has 0 aromatic carbocycles. The number of hydrogen-bond donors (Lipinski definition) is 3. The zero-order chi connectivity index (χ0) is 7.82. The molecule has 11 heavy (non-hydrogen) atoms. The van der Waals surface area contributed by atoms with E-state index in [0.29, 0.717) is 19.6 Å². The molecule has 0 aliphatic rings. The summed E-state index contributed by atoms with van der Waals surface area (Å²) in [6.45, 7) is 1.75. The molecule has 0 spiro atoms. The Bertz CT molecular complexity index is 60.6. The number of nitrogens with zero attached hydrogens (tertiary/aromatic N) is 1. The predicted octanol–water partition coefficient (Wildman–Crippen LogP) is -1.74. The molecule has 0 bridgehead atoms. The second-order valence-corrected chi connectivity index (χ2v) is 2.01. The molecule has 0 heterocycles. The van der Waals surface area contributed by atoms with Crippen LogP contribution in [-0.2, 0) is 17.1 Å². The quantitative estimate of drug-likeness (QED) is 0.458. The van der Waals surface area contributed by atoms with Gasteiger partial charge in [-0.1, -0.05) is 0 Å². The molecule has 0 amide bonds. The van der Waals surface area contributed by atoms with E-state index in [4.69, 9.17) is 15.3 Å². The monoisotopic (exact) mass is 212 g/mol. The van der Waals surface area contributed by atoms with Gasteiger partial charge in [0.25, 0.3) is 0 Å². The van der Waals surface area contributed by atoms with Gasteiger partial charge in [-0.3, -0.25) is 4.90 Å². The van der Waals surface area contributed by atoms with Crippen LogP contribution in [0.3, 0.4) is 0 Å². The Morgan fingerprint density at radius 1 is 0.727 bits per heavy atom. The van der Waals surface area contributed by atoms with Crippen LogP contribution in [0.25, 0.3) is 0 Å². The van der Waals surface area contributed by atoms with Crippen molar-refractivity contribution in [2.45, 2.75) is 0 Å². The first-order valence-corrected chi connectivity index (χ1v) is 3.40. The summed E-state index contributed by atoms with van der Waals surface area (Å²) in [5.74, 6) is 0. The Balaban J connectivity index is 0. The second kappa shape index (κ2) is 10.4. The minimum absolute atomic E-state index is 0. The van der Waals surface area contributed by atoms with Crippen LogP contribution in [0.1, 0.15) is 0 Å². The van der Waals surface area contributed by atoms with Crippen LogP contribution in [0, 0.1) is 0 Å². The summed E-state index contributed by atoms with van der Waals surface area (Å²) < 4.78 is 0. The van der Waals surface area contributed by atoms with Gasteiger partial charge in [-0.25, -0.2) is 0 Å².